The van der Waals surface area contributed by atoms with Gasteiger partial charge in [0.15, 0.2) is 11.5 Å². The number of nitrogens with one attached hydrogen (secondary N) is 4. The number of amides is 6. The number of pyridine rings is 1. The predicted molar refractivity (Wildman–Crippen MR) is 227 cm³/mol. The Kier molecular flexibility index (Phi) is 11.7. The highest BCUT2D eigenvalue weighted by atomic mass is 16.2. The lowest BCUT2D eigenvalue weighted by molar-refractivity contribution is -0.136. The third-order valence-electron chi connectivity index (χ3n) is 13.3. The minimum atomic E-state index is -1.05. The second kappa shape index (κ2) is 17.6. The van der Waals surface area contributed by atoms with Crippen molar-refractivity contribution in [1.82, 2.24) is 49.8 Å². The maximum atomic E-state index is 13.4. The third-order valence-corrected chi connectivity index (χ3v) is 13.3. The highest BCUT2D eigenvalue weighted by molar-refractivity contribution is 6.25. The van der Waals surface area contributed by atoms with Crippen LogP contribution < -0.4 is 21.3 Å². The van der Waals surface area contributed by atoms with Crippen LogP contribution >= 0.6 is 0 Å². The second-order valence-electron chi connectivity index (χ2n) is 17.3. The number of rotatable bonds is 13. The molecule has 7 heterocycles. The molecule has 9 rings (SSSR count). The SMILES string of the molecule is Cc1cccc(C(=O)NC2CC(n3cnc4c(NCCC5CCN(CC6CCN(C(=O)CNc7cccc8c7C(=O)N([C@H]7CCC(=O)NC7=O)C8=O)CC6)CC5)ncnc43)C2)n1. The Balaban J connectivity index is 0.676. The molecular formula is C44H52N12O6. The van der Waals surface area contributed by atoms with Crippen molar-refractivity contribution < 1.29 is 28.8 Å². The van der Waals surface area contributed by atoms with Crippen LogP contribution in [0.5, 0.6) is 0 Å². The lowest BCUT2D eigenvalue weighted by Gasteiger charge is -2.37. The number of aryl methyl sites for hydroxylation is 1. The molecule has 4 fully saturated rings. The Bertz CT molecular complexity index is 2400. The zero-order valence-electron chi connectivity index (χ0n) is 34.8. The number of hydrogen-bond acceptors (Lipinski definition) is 13. The van der Waals surface area contributed by atoms with E-state index in [-0.39, 0.29) is 54.4 Å². The first-order valence-corrected chi connectivity index (χ1v) is 21.8. The first-order valence-electron chi connectivity index (χ1n) is 21.8. The van der Waals surface area contributed by atoms with Crippen LogP contribution in [-0.4, -0.2) is 133 Å². The van der Waals surface area contributed by atoms with Crippen molar-refractivity contribution in [2.45, 2.75) is 82.8 Å². The summed E-state index contributed by atoms with van der Waals surface area (Å²) in [6.07, 6.45) is 10.3. The van der Waals surface area contributed by atoms with E-state index in [9.17, 15) is 28.8 Å². The normalized spacial score (nSPS) is 22.4. The van der Waals surface area contributed by atoms with Gasteiger partial charge in [-0.2, -0.15) is 0 Å². The number of imidazole rings is 1. The van der Waals surface area contributed by atoms with Gasteiger partial charge in [0.05, 0.1) is 24.0 Å². The highest BCUT2D eigenvalue weighted by Crippen LogP contribution is 2.36. The van der Waals surface area contributed by atoms with Crippen molar-refractivity contribution in [1.29, 1.82) is 0 Å². The third kappa shape index (κ3) is 8.47. The van der Waals surface area contributed by atoms with Crippen LogP contribution in [-0.2, 0) is 14.4 Å². The van der Waals surface area contributed by atoms with Gasteiger partial charge in [-0.3, -0.25) is 39.0 Å². The minimum absolute atomic E-state index is 0.0222. The predicted octanol–water partition coefficient (Wildman–Crippen LogP) is 2.93. The van der Waals surface area contributed by atoms with Crippen molar-refractivity contribution in [3.05, 3.63) is 71.6 Å². The van der Waals surface area contributed by atoms with Gasteiger partial charge in [-0.15, -0.1) is 0 Å². The molecule has 18 nitrogen and oxygen atoms in total. The van der Waals surface area contributed by atoms with Crippen LogP contribution in [0.3, 0.4) is 0 Å². The molecule has 6 amide bonds. The van der Waals surface area contributed by atoms with Gasteiger partial charge >= 0.3 is 0 Å². The quantitative estimate of drug-likeness (QED) is 0.143. The molecule has 1 atom stereocenters. The summed E-state index contributed by atoms with van der Waals surface area (Å²) in [5.74, 6) is -0.608. The summed E-state index contributed by atoms with van der Waals surface area (Å²) in [7, 11) is 0. The summed E-state index contributed by atoms with van der Waals surface area (Å²) in [5.41, 5.74) is 3.50. The summed E-state index contributed by atoms with van der Waals surface area (Å²) in [6, 6.07) is 9.53. The molecule has 0 unspecified atom stereocenters. The summed E-state index contributed by atoms with van der Waals surface area (Å²) in [5, 5.41) is 11.9. The van der Waals surface area contributed by atoms with Crippen LogP contribution in [0.15, 0.2) is 49.1 Å². The maximum absolute atomic E-state index is 13.4. The first-order chi connectivity index (χ1) is 30.1. The highest BCUT2D eigenvalue weighted by Gasteiger charge is 2.46. The number of carbonyl (C=O) groups excluding carboxylic acids is 6. The molecule has 324 valence electrons. The molecular weight excluding hydrogens is 793 g/mol. The van der Waals surface area contributed by atoms with E-state index in [0.29, 0.717) is 36.3 Å². The van der Waals surface area contributed by atoms with Crippen LogP contribution in [0.2, 0.25) is 0 Å². The number of carbonyl (C=O) groups is 6. The number of fused-ring (bicyclic) bond motifs is 2. The van der Waals surface area contributed by atoms with Gasteiger partial charge in [-0.1, -0.05) is 12.1 Å². The van der Waals surface area contributed by atoms with Gasteiger partial charge in [0.2, 0.25) is 17.7 Å². The Hall–Kier alpha value is -6.30. The van der Waals surface area contributed by atoms with Crippen LogP contribution in [0.4, 0.5) is 11.5 Å². The minimum Gasteiger partial charge on any atom is -0.375 e. The number of imide groups is 2. The van der Waals surface area contributed by atoms with Crippen molar-refractivity contribution in [3.8, 4) is 0 Å². The Morgan fingerprint density at radius 2 is 1.63 bits per heavy atom. The van der Waals surface area contributed by atoms with Crippen molar-refractivity contribution in [2.75, 3.05) is 56.4 Å². The zero-order chi connectivity index (χ0) is 42.9. The molecule has 5 aliphatic rings. The Labute approximate surface area is 358 Å². The van der Waals surface area contributed by atoms with Gasteiger partial charge in [0.25, 0.3) is 17.7 Å². The monoisotopic (exact) mass is 844 g/mol. The molecule has 3 saturated heterocycles. The van der Waals surface area contributed by atoms with E-state index in [1.54, 1.807) is 24.5 Å². The van der Waals surface area contributed by atoms with E-state index in [1.165, 1.54) is 6.07 Å². The lowest BCUT2D eigenvalue weighted by atomic mass is 9.86. The fourth-order valence-electron chi connectivity index (χ4n) is 9.64. The molecule has 0 radical (unpaired) electrons. The number of anilines is 2. The molecule has 62 heavy (non-hydrogen) atoms. The second-order valence-corrected chi connectivity index (χ2v) is 17.3. The van der Waals surface area contributed by atoms with E-state index in [1.807, 2.05) is 30.3 Å². The summed E-state index contributed by atoms with van der Waals surface area (Å²) in [4.78, 5) is 100. The Morgan fingerprint density at radius 3 is 2.40 bits per heavy atom. The van der Waals surface area contributed by atoms with Gasteiger partial charge < -0.3 is 30.3 Å². The zero-order valence-corrected chi connectivity index (χ0v) is 34.8. The smallest absolute Gasteiger partial charge is 0.270 e. The van der Waals surface area contributed by atoms with Gasteiger partial charge in [-0.25, -0.2) is 19.9 Å². The van der Waals surface area contributed by atoms with Gasteiger partial charge in [-0.05, 0) is 107 Å². The molecule has 1 aliphatic carbocycles. The summed E-state index contributed by atoms with van der Waals surface area (Å²) >= 11 is 0. The van der Waals surface area contributed by atoms with Crippen LogP contribution in [0, 0.1) is 18.8 Å². The van der Waals surface area contributed by atoms with E-state index < -0.39 is 29.7 Å². The molecule has 4 aliphatic heterocycles. The molecule has 1 aromatic carbocycles. The van der Waals surface area contributed by atoms with E-state index in [0.717, 1.165) is 98.7 Å². The molecule has 4 N–H and O–H groups in total. The van der Waals surface area contributed by atoms with E-state index in [4.69, 9.17) is 0 Å². The van der Waals surface area contributed by atoms with Crippen molar-refractivity contribution >= 4 is 58.1 Å². The van der Waals surface area contributed by atoms with Crippen molar-refractivity contribution in [3.63, 3.8) is 0 Å². The number of hydrogen-bond donors (Lipinski definition) is 4. The number of likely N-dealkylation sites (tertiary alicyclic amines) is 2. The van der Waals surface area contributed by atoms with E-state index in [2.05, 4.69) is 50.7 Å². The molecule has 4 aromatic rings. The number of piperidine rings is 3. The molecule has 3 aromatic heterocycles. The molecule has 18 heteroatoms. The lowest BCUT2D eigenvalue weighted by Crippen LogP contribution is -2.54. The standard InChI is InChI=1S/C44H52N12O6/c1-26-4-2-7-33(50-26)41(59)51-29-20-30(21-29)55-25-49-38-39(47-24-48-40(38)55)45-15-10-27-11-16-53(17-12-27)23-28-13-18-54(19-14-28)36(58)22-46-32-6-3-5-31-37(32)44(62)56(43(31)61)34-8-9-35(57)52-42(34)60/h2-7,24-25,27-30,34,46H,8-23H2,1H3,(H,51,59)(H,45,47,48)(H,52,57,60)/t29?,30?,34-/m0/s1. The van der Waals surface area contributed by atoms with Crippen LogP contribution in [0.25, 0.3) is 11.2 Å². The van der Waals surface area contributed by atoms with Gasteiger partial charge in [0, 0.05) is 56.1 Å². The summed E-state index contributed by atoms with van der Waals surface area (Å²) < 4.78 is 2.10. The average molecular weight is 845 g/mol. The number of nitrogens with zero attached hydrogens (tertiary/aromatic N) is 8. The molecule has 0 spiro atoms. The fourth-order valence-corrected chi connectivity index (χ4v) is 9.64. The topological polar surface area (TPSA) is 217 Å². The maximum Gasteiger partial charge on any atom is 0.270 e. The summed E-state index contributed by atoms with van der Waals surface area (Å²) in [6.45, 7) is 7.14. The van der Waals surface area contributed by atoms with Crippen molar-refractivity contribution in [2.24, 2.45) is 11.8 Å². The Morgan fingerprint density at radius 1 is 0.855 bits per heavy atom. The van der Waals surface area contributed by atoms with Gasteiger partial charge in [0.1, 0.15) is 23.6 Å². The van der Waals surface area contributed by atoms with Crippen LogP contribution in [0.1, 0.15) is 101 Å². The van der Waals surface area contributed by atoms with E-state index >= 15 is 0 Å². The first kappa shape index (κ1) is 41.1. The molecule has 0 bridgehead atoms. The number of benzene rings is 1. The average Bonchev–Trinajstić information content (AvgIpc) is 3.80. The molecule has 1 saturated carbocycles. The fraction of sp³-hybridized carbons (Fsp3) is 0.500. The number of aromatic nitrogens is 5. The largest absolute Gasteiger partial charge is 0.375 e.